The quantitative estimate of drug-likeness (QED) is 0.0878. The molecule has 0 saturated carbocycles. The molecule has 298 valence electrons. The molecule has 0 spiro atoms. The number of aliphatic carboxylic acids is 1. The molecule has 3 aromatic rings. The molecule has 0 bridgehead atoms. The maximum atomic E-state index is 13.9. The van der Waals surface area contributed by atoms with Crippen molar-refractivity contribution in [2.24, 2.45) is 17.8 Å². The van der Waals surface area contributed by atoms with E-state index in [-0.39, 0.29) is 48.9 Å². The third-order valence-corrected chi connectivity index (χ3v) is 8.74. The first-order valence-electron chi connectivity index (χ1n) is 18.4. The maximum Gasteiger partial charge on any atom is 0.336 e. The first-order valence-corrected chi connectivity index (χ1v) is 18.4. The number of anilines is 1. The highest BCUT2D eigenvalue weighted by Gasteiger charge is 2.33. The summed E-state index contributed by atoms with van der Waals surface area (Å²) in [5, 5.41) is 33.0. The van der Waals surface area contributed by atoms with Crippen LogP contribution in [0.25, 0.3) is 11.0 Å². The molecule has 1 aromatic heterocycles. The van der Waals surface area contributed by atoms with Gasteiger partial charge in [-0.05, 0) is 72.9 Å². The van der Waals surface area contributed by atoms with Gasteiger partial charge >= 0.3 is 11.6 Å². The van der Waals surface area contributed by atoms with Crippen LogP contribution in [0.4, 0.5) is 5.69 Å². The van der Waals surface area contributed by atoms with Gasteiger partial charge in [-0.1, -0.05) is 53.7 Å². The highest BCUT2D eigenvalue weighted by atomic mass is 16.4. The summed E-state index contributed by atoms with van der Waals surface area (Å²) < 4.78 is 5.32. The monoisotopic (exact) mass is 763 g/mol. The molecule has 0 aliphatic heterocycles. The summed E-state index contributed by atoms with van der Waals surface area (Å²) in [6.07, 6.45) is -0.277. The van der Waals surface area contributed by atoms with Crippen LogP contribution in [0.5, 0.6) is 5.75 Å². The number of benzene rings is 2. The standard InChI is InChI=1S/C40H53N5O10/c1-21(2)16-29(42-33(47)14-15-34(48)49)38(52)43-30(17-22(3)4)39(53)45-36(23(5)6)40(54)44-31(19-25-8-11-27(46)12-9-25)37(51)41-26-10-13-28-24(7)18-35(50)55-32(28)20-26/h8-13,18,20-23,29-31,36,46H,14-17,19H2,1-7H3,(H,41,51)(H,42,47)(H,43,52)(H,44,54)(H,45,53)(H,48,49)/t29-,30-,31-,36+/m0/s1. The molecular weight excluding hydrogens is 710 g/mol. The number of hydrogen-bond donors (Lipinski definition) is 7. The molecule has 0 radical (unpaired) electrons. The van der Waals surface area contributed by atoms with Gasteiger partial charge in [0.1, 0.15) is 35.5 Å². The van der Waals surface area contributed by atoms with Crippen molar-refractivity contribution in [1.82, 2.24) is 21.3 Å². The van der Waals surface area contributed by atoms with Gasteiger partial charge in [0.2, 0.25) is 29.5 Å². The number of phenols is 1. The normalized spacial score (nSPS) is 13.5. The Morgan fingerprint density at radius 3 is 1.85 bits per heavy atom. The van der Waals surface area contributed by atoms with Crippen molar-refractivity contribution in [2.75, 3.05) is 5.32 Å². The largest absolute Gasteiger partial charge is 0.508 e. The molecule has 7 N–H and O–H groups in total. The van der Waals surface area contributed by atoms with Crippen LogP contribution in [0.15, 0.2) is 57.7 Å². The van der Waals surface area contributed by atoms with Crippen molar-refractivity contribution in [2.45, 2.75) is 105 Å². The number of carboxylic acids is 1. The summed E-state index contributed by atoms with van der Waals surface area (Å²) in [5.74, 6) is -4.85. The highest BCUT2D eigenvalue weighted by Crippen LogP contribution is 2.21. The lowest BCUT2D eigenvalue weighted by molar-refractivity contribution is -0.139. The van der Waals surface area contributed by atoms with Crippen molar-refractivity contribution >= 4 is 52.2 Å². The van der Waals surface area contributed by atoms with Crippen molar-refractivity contribution in [3.8, 4) is 5.75 Å². The van der Waals surface area contributed by atoms with E-state index in [1.54, 1.807) is 45.0 Å². The fraction of sp³-hybridized carbons (Fsp3) is 0.475. The van der Waals surface area contributed by atoms with E-state index in [1.165, 1.54) is 24.3 Å². The van der Waals surface area contributed by atoms with Crippen molar-refractivity contribution in [3.05, 3.63) is 70.1 Å². The summed E-state index contributed by atoms with van der Waals surface area (Å²) in [7, 11) is 0. The second-order valence-electron chi connectivity index (χ2n) is 14.9. The Balaban J connectivity index is 1.83. The van der Waals surface area contributed by atoms with E-state index in [1.807, 2.05) is 27.7 Å². The SMILES string of the molecule is Cc1cc(=O)oc2cc(NC(=O)[C@H](Cc3ccc(O)cc3)NC(=O)[C@H](NC(=O)[C@H](CC(C)C)NC(=O)[C@H](CC(C)C)NC(=O)CCC(=O)O)C(C)C)ccc12. The van der Waals surface area contributed by atoms with Gasteiger partial charge in [0.15, 0.2) is 0 Å². The molecule has 15 nitrogen and oxygen atoms in total. The van der Waals surface area contributed by atoms with E-state index in [0.717, 1.165) is 0 Å². The van der Waals surface area contributed by atoms with Crippen molar-refractivity contribution < 1.29 is 43.4 Å². The smallest absolute Gasteiger partial charge is 0.336 e. The van der Waals surface area contributed by atoms with Crippen LogP contribution in [-0.4, -0.2) is 69.9 Å². The predicted molar refractivity (Wildman–Crippen MR) is 206 cm³/mol. The number of carboxylic acid groups (broad SMARTS) is 1. The molecule has 0 fully saturated rings. The lowest BCUT2D eigenvalue weighted by Crippen LogP contribution is -2.59. The fourth-order valence-electron chi connectivity index (χ4n) is 5.92. The number of fused-ring (bicyclic) bond motifs is 1. The van der Waals surface area contributed by atoms with Crippen LogP contribution in [-0.2, 0) is 35.2 Å². The molecule has 1 heterocycles. The molecule has 2 aromatic carbocycles. The Labute approximate surface area is 320 Å². The average Bonchev–Trinajstić information content (AvgIpc) is 3.08. The second kappa shape index (κ2) is 20.1. The first-order chi connectivity index (χ1) is 25.8. The zero-order chi connectivity index (χ0) is 41.0. The molecule has 4 atom stereocenters. The molecule has 0 aliphatic rings. The lowest BCUT2D eigenvalue weighted by Gasteiger charge is -2.29. The van der Waals surface area contributed by atoms with Crippen LogP contribution >= 0.6 is 0 Å². The minimum Gasteiger partial charge on any atom is -0.508 e. The Hall–Kier alpha value is -5.73. The summed E-state index contributed by atoms with van der Waals surface area (Å²) in [5.41, 5.74) is 1.36. The Morgan fingerprint density at radius 2 is 1.27 bits per heavy atom. The number of nitrogens with one attached hydrogen (secondary N) is 5. The molecule has 3 rings (SSSR count). The Bertz CT molecular complexity index is 1900. The Kier molecular flexibility index (Phi) is 16.0. The van der Waals surface area contributed by atoms with E-state index in [2.05, 4.69) is 26.6 Å². The number of hydrogen-bond acceptors (Lipinski definition) is 9. The van der Waals surface area contributed by atoms with E-state index >= 15 is 0 Å². The van der Waals surface area contributed by atoms with Gasteiger partial charge in [0.25, 0.3) is 0 Å². The highest BCUT2D eigenvalue weighted by molar-refractivity contribution is 6.00. The molecule has 15 heteroatoms. The zero-order valence-corrected chi connectivity index (χ0v) is 32.4. The van der Waals surface area contributed by atoms with Gasteiger partial charge in [-0.25, -0.2) is 4.79 Å². The van der Waals surface area contributed by atoms with Crippen LogP contribution in [0.1, 0.15) is 78.4 Å². The molecule has 0 unspecified atom stereocenters. The molecule has 0 aliphatic carbocycles. The zero-order valence-electron chi connectivity index (χ0n) is 32.4. The van der Waals surface area contributed by atoms with Crippen LogP contribution in [0.3, 0.4) is 0 Å². The third kappa shape index (κ3) is 13.9. The fourth-order valence-corrected chi connectivity index (χ4v) is 5.92. The number of aromatic hydroxyl groups is 1. The summed E-state index contributed by atoms with van der Waals surface area (Å²) in [4.78, 5) is 90.4. The third-order valence-electron chi connectivity index (χ3n) is 8.74. The average molecular weight is 764 g/mol. The first kappa shape index (κ1) is 43.7. The number of rotatable bonds is 19. The minimum atomic E-state index is -1.16. The topological polar surface area (TPSA) is 233 Å². The van der Waals surface area contributed by atoms with Gasteiger partial charge in [-0.15, -0.1) is 0 Å². The number of aryl methyl sites for hydroxylation is 1. The van der Waals surface area contributed by atoms with E-state index in [0.29, 0.717) is 22.2 Å². The van der Waals surface area contributed by atoms with Crippen LogP contribution in [0, 0.1) is 24.7 Å². The van der Waals surface area contributed by atoms with E-state index < -0.39 is 77.6 Å². The van der Waals surface area contributed by atoms with Gasteiger partial charge in [0, 0.05) is 36.0 Å². The van der Waals surface area contributed by atoms with E-state index in [4.69, 9.17) is 9.52 Å². The van der Waals surface area contributed by atoms with Gasteiger partial charge < -0.3 is 41.2 Å². The summed E-state index contributed by atoms with van der Waals surface area (Å²) in [6.45, 7) is 12.6. The lowest BCUT2D eigenvalue weighted by atomic mass is 9.98. The van der Waals surface area contributed by atoms with Crippen LogP contribution < -0.4 is 32.2 Å². The molecular formula is C40H53N5O10. The van der Waals surface area contributed by atoms with Crippen molar-refractivity contribution in [1.29, 1.82) is 0 Å². The predicted octanol–water partition coefficient (Wildman–Crippen LogP) is 3.54. The number of phenolic OH excluding ortho intramolecular Hbond substituents is 1. The number of carbonyl (C=O) groups excluding carboxylic acids is 5. The number of carbonyl (C=O) groups is 6. The number of amides is 5. The Morgan fingerprint density at radius 1 is 0.691 bits per heavy atom. The minimum absolute atomic E-state index is 0.0137. The van der Waals surface area contributed by atoms with E-state index in [9.17, 15) is 38.7 Å². The molecule has 5 amide bonds. The van der Waals surface area contributed by atoms with Gasteiger partial charge in [-0.3, -0.25) is 28.8 Å². The summed E-state index contributed by atoms with van der Waals surface area (Å²) in [6, 6.07) is 7.89. The summed E-state index contributed by atoms with van der Waals surface area (Å²) >= 11 is 0. The maximum absolute atomic E-state index is 13.9. The molecule has 55 heavy (non-hydrogen) atoms. The van der Waals surface area contributed by atoms with Gasteiger partial charge in [0.05, 0.1) is 6.42 Å². The van der Waals surface area contributed by atoms with Crippen molar-refractivity contribution in [3.63, 3.8) is 0 Å². The van der Waals surface area contributed by atoms with Gasteiger partial charge in [-0.2, -0.15) is 0 Å². The second-order valence-corrected chi connectivity index (χ2v) is 14.9. The molecule has 0 saturated heterocycles. The van der Waals surface area contributed by atoms with Crippen LogP contribution in [0.2, 0.25) is 0 Å².